The lowest BCUT2D eigenvalue weighted by Crippen LogP contribution is -2.30. The molecule has 0 saturated carbocycles. The Kier molecular flexibility index (Phi) is 18.6. The van der Waals surface area contributed by atoms with Crippen LogP contribution >= 0.6 is 0 Å². The van der Waals surface area contributed by atoms with Crippen molar-refractivity contribution in [2.75, 3.05) is 20.2 Å². The third kappa shape index (κ3) is 12.8. The van der Waals surface area contributed by atoms with E-state index in [1.165, 1.54) is 97.7 Å². The number of pyridine rings is 7. The minimum absolute atomic E-state index is 0.374. The minimum Gasteiger partial charge on any atom is -0.423 e. The predicted molar refractivity (Wildman–Crippen MR) is 473 cm³/mol. The molecule has 0 bridgehead atoms. The predicted octanol–water partition coefficient (Wildman–Crippen LogP) is 14.7. The third-order valence-electron chi connectivity index (χ3n) is 24.2. The van der Waals surface area contributed by atoms with E-state index in [0.717, 1.165) is 223 Å². The Morgan fingerprint density at radius 1 is 0.402 bits per heavy atom. The van der Waals surface area contributed by atoms with Gasteiger partial charge in [-0.1, -0.05) is 6.07 Å². The lowest BCUT2D eigenvalue weighted by atomic mass is 9.80. The molecule has 0 spiro atoms. The normalized spacial score (nSPS) is 13.5. The van der Waals surface area contributed by atoms with E-state index < -0.39 is 7.12 Å². The number of aromatic nitrogens is 24. The number of carbonyl (C=O) groups is 1. The summed E-state index contributed by atoms with van der Waals surface area (Å²) in [6.45, 7) is 9.41. The van der Waals surface area contributed by atoms with Crippen LogP contribution in [0.5, 0.6) is 0 Å². The summed E-state index contributed by atoms with van der Waals surface area (Å²) in [5.74, 6) is 0. The highest BCUT2D eigenvalue weighted by Crippen LogP contribution is 2.44. The largest absolute Gasteiger partial charge is 0.596 e. The van der Waals surface area contributed by atoms with Crippen molar-refractivity contribution in [1.29, 1.82) is 0 Å². The molecule has 0 radical (unpaired) electrons. The number of aromatic amines is 9. The standard InChI is InChI=1S/C19H17BN4O2.C19H16N6O2.C19H18N4.C17H14N6.C17H12N6/c25-20(26)12-7-11(8-21-9-12)19-14-4-2-1-3-13(14)18-15-10-22-24-16(15)5-6-17(18)23-19;1-10-12(7-20-23-10)18-14-9-25(19(26)27-2)6-5-11(14)17-13-8-21-24-15(13)3-4-16(17)22-18;1-11-15(10-21-23-11)19-14-5-3-2-4-13(14)18-16-9-20-8-12(16)6-7-17(18)22-19;2*1-9-11(7-19-22-9)17-12-6-18-5-4-10(12)16-13-8-20-23-14(13)2-3-15(16)21-17/h5-10,25-26H,1-4H2,(H,22,24);3-4,7-9H,5-6H2,1-2H3,(H,20,21,22,23,24);6-10,22H,2-5H2,1H3,(H,21,23);2-3,6-8H,4-5H2,1H3,(H,19,22)(H,20,23);2-8H,1H3,(H,19,22)(H,20,23)/p+1. The Morgan fingerprint density at radius 2 is 0.877 bits per heavy atom. The van der Waals surface area contributed by atoms with Gasteiger partial charge in [-0.25, -0.2) is 19.9 Å². The van der Waals surface area contributed by atoms with Gasteiger partial charge in [-0.3, -0.25) is 60.7 Å². The van der Waals surface area contributed by atoms with Gasteiger partial charge in [0.1, 0.15) is 0 Å². The lowest BCUT2D eigenvalue weighted by Gasteiger charge is -2.22. The van der Waals surface area contributed by atoms with Crippen molar-refractivity contribution in [1.82, 2.24) is 121 Å². The number of ether oxygens (including phenoxy) is 1. The zero-order valence-electron chi connectivity index (χ0n) is 67.0. The number of hydrogen-bond donors (Lipinski definition) is 11. The van der Waals surface area contributed by atoms with Gasteiger partial charge in [-0.2, -0.15) is 45.6 Å². The Hall–Kier alpha value is -15.2. The summed E-state index contributed by atoms with van der Waals surface area (Å²) in [5, 5.41) is 91.3. The molecule has 21 aromatic rings. The molecule has 4 aliphatic rings. The number of hydrogen-bond acceptors (Lipinski definition) is 20. The minimum atomic E-state index is -1.54. The lowest BCUT2D eigenvalue weighted by molar-refractivity contribution is -0.441. The van der Waals surface area contributed by atoms with Crippen LogP contribution in [-0.2, 0) is 43.3 Å². The first kappa shape index (κ1) is 74.3. The van der Waals surface area contributed by atoms with Crippen LogP contribution in [0.2, 0.25) is 0 Å². The zero-order valence-corrected chi connectivity index (χ0v) is 67.0. The zero-order chi connectivity index (χ0) is 82.4. The number of fused-ring (bicyclic) bond motifs is 25. The second kappa shape index (κ2) is 30.6. The first-order chi connectivity index (χ1) is 59.9. The van der Waals surface area contributed by atoms with E-state index in [0.29, 0.717) is 18.4 Å². The number of aryl methyl sites for hydroxylation is 6. The van der Waals surface area contributed by atoms with Crippen LogP contribution in [0.1, 0.15) is 93.0 Å². The van der Waals surface area contributed by atoms with Crippen molar-refractivity contribution in [3.05, 3.63) is 227 Å². The summed E-state index contributed by atoms with van der Waals surface area (Å²) in [5.41, 5.74) is 33.1. The molecule has 0 unspecified atom stereocenters. The number of amides is 1. The summed E-state index contributed by atoms with van der Waals surface area (Å²) in [4.78, 5) is 52.8. The highest BCUT2D eigenvalue weighted by molar-refractivity contribution is 6.58. The molecule has 122 heavy (non-hydrogen) atoms. The molecule has 31 heteroatoms. The summed E-state index contributed by atoms with van der Waals surface area (Å²) in [6.07, 6.45) is 39.7. The average molecular weight is 1610 g/mol. The van der Waals surface area contributed by atoms with Crippen molar-refractivity contribution < 1.29 is 24.2 Å². The molecule has 2 aliphatic carbocycles. The molecule has 5 aromatic carbocycles. The molecule has 18 heterocycles. The molecule has 0 saturated heterocycles. The van der Waals surface area contributed by atoms with Crippen LogP contribution < -0.4 is 5.46 Å². The molecular weight excluding hydrogens is 1530 g/mol. The number of methoxy groups -OCH3 is 1. The number of nitrogens with zero attached hydrogens (tertiary/aromatic N) is 17. The van der Waals surface area contributed by atoms with Crippen molar-refractivity contribution in [2.45, 2.75) is 91.9 Å². The fraction of sp³-hybridized carbons (Fsp3) is 0.187. The van der Waals surface area contributed by atoms with Crippen LogP contribution in [0.3, 0.4) is 0 Å². The first-order valence-corrected chi connectivity index (χ1v) is 40.6. The van der Waals surface area contributed by atoms with Crippen LogP contribution in [0.15, 0.2) is 165 Å². The van der Waals surface area contributed by atoms with E-state index in [2.05, 4.69) is 132 Å². The monoisotopic (exact) mass is 1610 g/mol. The maximum absolute atomic E-state index is 12.1. The molecule has 30 nitrogen and oxygen atoms in total. The van der Waals surface area contributed by atoms with Crippen LogP contribution in [-0.4, -0.2) is 182 Å². The third-order valence-corrected chi connectivity index (χ3v) is 24.2. The van der Waals surface area contributed by atoms with E-state index in [-0.39, 0.29) is 6.09 Å². The first-order valence-electron chi connectivity index (χ1n) is 40.6. The number of aliphatic imine (C=N–C) groups is 1. The van der Waals surface area contributed by atoms with Gasteiger partial charge in [0.15, 0.2) is 12.8 Å². The molecule has 0 atom stereocenters. The van der Waals surface area contributed by atoms with Crippen molar-refractivity contribution in [3.8, 4) is 56.3 Å². The van der Waals surface area contributed by atoms with Crippen LogP contribution in [0.4, 0.5) is 4.79 Å². The van der Waals surface area contributed by atoms with Gasteiger partial charge in [0, 0.05) is 188 Å². The van der Waals surface area contributed by atoms with Gasteiger partial charge in [-0.15, -0.1) is 4.58 Å². The Bertz CT molecular complexity index is 7820. The number of benzene rings is 5. The molecule has 598 valence electrons. The van der Waals surface area contributed by atoms with Gasteiger partial charge >= 0.3 is 13.2 Å². The second-order valence-electron chi connectivity index (χ2n) is 31.3. The maximum atomic E-state index is 12.1. The van der Waals surface area contributed by atoms with E-state index in [1.807, 2.05) is 150 Å². The summed E-state index contributed by atoms with van der Waals surface area (Å²) < 4.78 is 6.49. The van der Waals surface area contributed by atoms with Gasteiger partial charge < -0.3 is 19.8 Å². The molecular formula is C91H78BN26O4+. The fourth-order valence-corrected chi connectivity index (χ4v) is 18.4. The van der Waals surface area contributed by atoms with E-state index in [1.54, 1.807) is 23.0 Å². The van der Waals surface area contributed by atoms with E-state index in [4.69, 9.17) is 24.7 Å². The van der Waals surface area contributed by atoms with Gasteiger partial charge in [0.05, 0.1) is 135 Å². The average Bonchev–Trinajstić information content (AvgIpc) is 1.51. The number of carbonyl (C=O) groups excluding carboxylic acids is 1. The topological polar surface area (TPSA) is 418 Å². The molecule has 0 fully saturated rings. The Labute approximate surface area is 692 Å². The fourth-order valence-electron chi connectivity index (χ4n) is 18.4. The maximum Gasteiger partial charge on any atom is 0.596 e. The van der Waals surface area contributed by atoms with Gasteiger partial charge in [-0.05, 0) is 191 Å². The van der Waals surface area contributed by atoms with Crippen molar-refractivity contribution in [3.63, 3.8) is 0 Å². The van der Waals surface area contributed by atoms with E-state index >= 15 is 0 Å². The molecule has 2 aliphatic heterocycles. The summed E-state index contributed by atoms with van der Waals surface area (Å²) in [6, 6.07) is 24.3. The quantitative estimate of drug-likeness (QED) is 0.0418. The van der Waals surface area contributed by atoms with Crippen molar-refractivity contribution in [2.24, 2.45) is 4.99 Å². The van der Waals surface area contributed by atoms with Gasteiger partial charge in [0.25, 0.3) is 0 Å². The van der Waals surface area contributed by atoms with E-state index in [9.17, 15) is 14.8 Å². The highest BCUT2D eigenvalue weighted by Gasteiger charge is 2.32. The molecule has 11 N–H and O–H groups in total. The molecule has 25 rings (SSSR count). The molecule has 1 amide bonds. The number of rotatable bonds is 6. The Morgan fingerprint density at radius 3 is 1.45 bits per heavy atom. The molecule has 16 aromatic heterocycles. The second-order valence-corrected chi connectivity index (χ2v) is 31.3. The summed E-state index contributed by atoms with van der Waals surface area (Å²) >= 11 is 0. The number of nitrogens with one attached hydrogen (secondary N) is 9. The SMILES string of the molecule is COC(=O)[N+]1=Cc2c(-c3cn[nH]c3C)nc3ccc4[nH]ncc4c3c2CC1.Cc1[nH]ncc1-c1[nH]c2ccc3cncc3c2c2c1CCCC2.Cc1[nH]ncc1-c1nc2ccc3[nH]ncc3c2c2c1C=NCC2.Cc1[nH]ncc1-c1nc2ccc3[nH]ncc3c2c2ccncc12.OB(O)c1cncc(-c2nc3ccc4[nH]ncc4c3c3c2CCCC3)c1. The summed E-state index contributed by atoms with van der Waals surface area (Å²) in [7, 11) is -0.148. The van der Waals surface area contributed by atoms with Crippen LogP contribution in [0.25, 0.3) is 176 Å². The number of H-pyrrole nitrogens is 9. The van der Waals surface area contributed by atoms with Gasteiger partial charge in [0.2, 0.25) is 0 Å². The van der Waals surface area contributed by atoms with Crippen molar-refractivity contribution >= 4 is 151 Å². The smallest absolute Gasteiger partial charge is 0.423 e. The van der Waals surface area contributed by atoms with Crippen LogP contribution in [0, 0.1) is 27.7 Å². The Balaban J connectivity index is 0.0000000940. The highest BCUT2D eigenvalue weighted by atomic mass is 16.5.